The minimum atomic E-state index is 0.393. The van der Waals surface area contributed by atoms with Crippen molar-refractivity contribution in [2.24, 2.45) is 5.10 Å². The van der Waals surface area contributed by atoms with Gasteiger partial charge in [-0.05, 0) is 26.0 Å². The van der Waals surface area contributed by atoms with Crippen LogP contribution in [-0.4, -0.2) is 10.7 Å². The number of anilines is 1. The van der Waals surface area contributed by atoms with Crippen LogP contribution in [0.25, 0.3) is 0 Å². The molecule has 0 spiro atoms. The first-order valence-corrected chi connectivity index (χ1v) is 6.91. The summed E-state index contributed by atoms with van der Waals surface area (Å²) in [6.45, 7) is 5.44. The van der Waals surface area contributed by atoms with Crippen LogP contribution < -0.4 is 5.43 Å². The highest BCUT2D eigenvalue weighted by molar-refractivity contribution is 6.41. The highest BCUT2D eigenvalue weighted by Crippen LogP contribution is 2.33. The van der Waals surface area contributed by atoms with Gasteiger partial charge in [-0.3, -0.25) is 5.43 Å². The van der Waals surface area contributed by atoms with Crippen LogP contribution in [0.5, 0.6) is 0 Å². The zero-order chi connectivity index (χ0) is 14.9. The van der Waals surface area contributed by atoms with E-state index in [1.165, 1.54) is 0 Å². The minimum Gasteiger partial charge on any atom is -0.439 e. The number of nitrogens with one attached hydrogen (secondary N) is 1. The Labute approximate surface area is 131 Å². The van der Waals surface area contributed by atoms with E-state index >= 15 is 0 Å². The van der Waals surface area contributed by atoms with E-state index in [2.05, 4.69) is 15.5 Å². The Balaban J connectivity index is 2.27. The molecule has 2 rings (SSSR count). The van der Waals surface area contributed by atoms with Crippen LogP contribution in [0, 0.1) is 13.8 Å². The average Bonchev–Trinajstić information content (AvgIpc) is 2.66. The van der Waals surface area contributed by atoms with E-state index in [-0.39, 0.29) is 0 Å². The molecule has 0 aliphatic rings. The lowest BCUT2D eigenvalue weighted by Gasteiger charge is -2.07. The first-order valence-electron chi connectivity index (χ1n) is 5.77. The molecule has 1 aromatic carbocycles. The molecule has 0 amide bonds. The number of hydrazone groups is 1. The monoisotopic (exact) mass is 331 g/mol. The van der Waals surface area contributed by atoms with Crippen molar-refractivity contribution >= 4 is 46.2 Å². The lowest BCUT2D eigenvalue weighted by Crippen LogP contribution is -2.01. The summed E-state index contributed by atoms with van der Waals surface area (Å²) in [6.07, 6.45) is 0. The second-order valence-corrected chi connectivity index (χ2v) is 5.45. The van der Waals surface area contributed by atoms with Gasteiger partial charge < -0.3 is 4.42 Å². The van der Waals surface area contributed by atoms with Crippen molar-refractivity contribution in [3.8, 4) is 0 Å². The van der Waals surface area contributed by atoms with E-state index < -0.39 is 0 Å². The van der Waals surface area contributed by atoms with Crippen molar-refractivity contribution in [2.45, 2.75) is 20.8 Å². The van der Waals surface area contributed by atoms with Crippen LogP contribution in [0.2, 0.25) is 15.1 Å². The minimum absolute atomic E-state index is 0.393. The van der Waals surface area contributed by atoms with Gasteiger partial charge in [0.15, 0.2) is 11.7 Å². The smallest absolute Gasteiger partial charge is 0.192 e. The summed E-state index contributed by atoms with van der Waals surface area (Å²) in [4.78, 5) is 4.19. The average molecular weight is 333 g/mol. The maximum atomic E-state index is 6.06. The molecular formula is C13H12Cl3N3O. The molecule has 0 radical (unpaired) electrons. The van der Waals surface area contributed by atoms with Crippen LogP contribution in [0.3, 0.4) is 0 Å². The zero-order valence-corrected chi connectivity index (χ0v) is 13.4. The molecule has 2 aromatic rings. The largest absolute Gasteiger partial charge is 0.439 e. The molecule has 0 bridgehead atoms. The number of benzene rings is 1. The second kappa shape index (κ2) is 6.04. The molecule has 0 saturated carbocycles. The van der Waals surface area contributed by atoms with Gasteiger partial charge in [-0.25, -0.2) is 4.98 Å². The molecular weight excluding hydrogens is 321 g/mol. The number of aromatic nitrogens is 1. The van der Waals surface area contributed by atoms with Crippen LogP contribution >= 0.6 is 34.8 Å². The van der Waals surface area contributed by atoms with Crippen LogP contribution in [0.15, 0.2) is 21.7 Å². The molecule has 0 unspecified atom stereocenters. The highest BCUT2D eigenvalue weighted by Gasteiger charge is 2.11. The predicted octanol–water partition coefficient (Wildman–Crippen LogP) is 5.09. The first-order chi connectivity index (χ1) is 9.38. The molecule has 20 heavy (non-hydrogen) atoms. The number of hydrogen-bond acceptors (Lipinski definition) is 4. The Morgan fingerprint density at radius 3 is 2.30 bits per heavy atom. The number of aryl methyl sites for hydroxylation is 2. The van der Waals surface area contributed by atoms with Crippen molar-refractivity contribution in [3.05, 3.63) is 44.5 Å². The van der Waals surface area contributed by atoms with Gasteiger partial charge in [0.2, 0.25) is 0 Å². The summed E-state index contributed by atoms with van der Waals surface area (Å²) >= 11 is 18.0. The highest BCUT2D eigenvalue weighted by atomic mass is 35.5. The Morgan fingerprint density at radius 2 is 1.80 bits per heavy atom. The molecule has 1 heterocycles. The normalized spacial score (nSPS) is 11.8. The summed E-state index contributed by atoms with van der Waals surface area (Å²) in [5.41, 5.74) is 4.73. The maximum Gasteiger partial charge on any atom is 0.192 e. The van der Waals surface area contributed by atoms with Gasteiger partial charge >= 0.3 is 0 Å². The standard InChI is InChI=1S/C13H12Cl3N3O/c1-6-13(20-8(3)17-6)7(2)18-19-12-10(15)4-9(14)5-11(12)16/h4-5,19H,1-3H3/b18-7-. The van der Waals surface area contributed by atoms with Gasteiger partial charge in [0.05, 0.1) is 21.4 Å². The Kier molecular flexibility index (Phi) is 4.58. The molecule has 0 aliphatic heterocycles. The first kappa shape index (κ1) is 15.2. The van der Waals surface area contributed by atoms with E-state index in [9.17, 15) is 0 Å². The van der Waals surface area contributed by atoms with E-state index in [4.69, 9.17) is 39.2 Å². The fraction of sp³-hybridized carbons (Fsp3) is 0.231. The molecule has 106 valence electrons. The van der Waals surface area contributed by atoms with E-state index in [1.807, 2.05) is 6.92 Å². The number of oxazole rings is 1. The fourth-order valence-corrected chi connectivity index (χ4v) is 2.61. The summed E-state index contributed by atoms with van der Waals surface area (Å²) < 4.78 is 5.48. The van der Waals surface area contributed by atoms with Gasteiger partial charge in [0.25, 0.3) is 0 Å². The quantitative estimate of drug-likeness (QED) is 0.629. The molecule has 0 atom stereocenters. The third kappa shape index (κ3) is 3.26. The van der Waals surface area contributed by atoms with Crippen molar-refractivity contribution in [1.82, 2.24) is 4.98 Å². The summed E-state index contributed by atoms with van der Waals surface area (Å²) in [5.74, 6) is 1.21. The Morgan fingerprint density at radius 1 is 1.20 bits per heavy atom. The number of nitrogens with zero attached hydrogens (tertiary/aromatic N) is 2. The molecule has 1 N–H and O–H groups in total. The molecule has 0 aliphatic carbocycles. The summed E-state index contributed by atoms with van der Waals surface area (Å²) in [7, 11) is 0. The Bertz CT molecular complexity index is 656. The topological polar surface area (TPSA) is 50.4 Å². The van der Waals surface area contributed by atoms with Gasteiger partial charge in [-0.1, -0.05) is 34.8 Å². The van der Waals surface area contributed by atoms with Crippen molar-refractivity contribution in [2.75, 3.05) is 5.43 Å². The molecule has 1 aromatic heterocycles. The van der Waals surface area contributed by atoms with Crippen LogP contribution in [-0.2, 0) is 0 Å². The van der Waals surface area contributed by atoms with Crippen molar-refractivity contribution in [3.63, 3.8) is 0 Å². The van der Waals surface area contributed by atoms with E-state index in [0.717, 1.165) is 5.69 Å². The van der Waals surface area contributed by atoms with Crippen molar-refractivity contribution in [1.29, 1.82) is 0 Å². The molecule has 0 saturated heterocycles. The summed E-state index contributed by atoms with van der Waals surface area (Å²) in [5, 5.41) is 5.46. The lowest BCUT2D eigenvalue weighted by molar-refractivity contribution is 0.512. The predicted molar refractivity (Wildman–Crippen MR) is 83.3 cm³/mol. The third-order valence-electron chi connectivity index (χ3n) is 2.57. The number of halogens is 3. The van der Waals surface area contributed by atoms with Gasteiger partial charge in [-0.15, -0.1) is 0 Å². The number of hydrogen-bond donors (Lipinski definition) is 1. The van der Waals surface area contributed by atoms with E-state index in [0.29, 0.717) is 38.1 Å². The lowest BCUT2D eigenvalue weighted by atomic mass is 10.3. The fourth-order valence-electron chi connectivity index (χ4n) is 1.71. The Hall–Kier alpha value is -1.23. The number of rotatable bonds is 3. The maximum absolute atomic E-state index is 6.06. The van der Waals surface area contributed by atoms with Crippen LogP contribution in [0.4, 0.5) is 5.69 Å². The summed E-state index contributed by atoms with van der Waals surface area (Å²) in [6, 6.07) is 3.18. The zero-order valence-electron chi connectivity index (χ0n) is 11.1. The molecule has 0 fully saturated rings. The third-order valence-corrected chi connectivity index (χ3v) is 3.39. The van der Waals surface area contributed by atoms with Crippen molar-refractivity contribution < 1.29 is 4.42 Å². The second-order valence-electron chi connectivity index (χ2n) is 4.20. The SMILES string of the molecule is C/C(=N/Nc1c(Cl)cc(Cl)cc1Cl)c1oc(C)nc1C. The van der Waals surface area contributed by atoms with Crippen LogP contribution in [0.1, 0.15) is 24.3 Å². The van der Waals surface area contributed by atoms with Gasteiger partial charge in [0, 0.05) is 11.9 Å². The molecule has 7 heteroatoms. The molecule has 4 nitrogen and oxygen atoms in total. The van der Waals surface area contributed by atoms with Gasteiger partial charge in [-0.2, -0.15) is 5.10 Å². The van der Waals surface area contributed by atoms with E-state index in [1.54, 1.807) is 26.0 Å². The van der Waals surface area contributed by atoms with Gasteiger partial charge in [0.1, 0.15) is 5.71 Å².